The predicted octanol–water partition coefficient (Wildman–Crippen LogP) is 1.96. The van der Waals surface area contributed by atoms with Crippen molar-refractivity contribution in [3.63, 3.8) is 0 Å². The Morgan fingerprint density at radius 2 is 1.92 bits per heavy atom. The third-order valence-electron chi connectivity index (χ3n) is 3.90. The first-order chi connectivity index (χ1) is 12.4. The van der Waals surface area contributed by atoms with Crippen LogP contribution >= 0.6 is 0 Å². The number of likely N-dealkylation sites (N-methyl/N-ethyl adjacent to an activating group) is 1. The Labute approximate surface area is 152 Å². The largest absolute Gasteiger partial charge is 0.494 e. The van der Waals surface area contributed by atoms with Gasteiger partial charge in [0.15, 0.2) is 6.54 Å². The van der Waals surface area contributed by atoms with Gasteiger partial charge in [-0.05, 0) is 49.7 Å². The SMILES string of the molecule is CCOc1ccc(C[NH+](C)CC(=O)Nc2ccc([N+](=O)[O-])cc2C)cc1. The fraction of sp³-hybridized carbons (Fsp3) is 0.316. The molecule has 0 heterocycles. The van der Waals surface area contributed by atoms with Crippen LogP contribution in [0, 0.1) is 17.0 Å². The molecule has 1 amide bonds. The van der Waals surface area contributed by atoms with Crippen molar-refractivity contribution in [1.82, 2.24) is 0 Å². The first-order valence-corrected chi connectivity index (χ1v) is 8.47. The van der Waals surface area contributed by atoms with E-state index >= 15 is 0 Å². The number of nitrogens with one attached hydrogen (secondary N) is 2. The molecule has 0 aliphatic carbocycles. The topological polar surface area (TPSA) is 85.9 Å². The summed E-state index contributed by atoms with van der Waals surface area (Å²) >= 11 is 0. The van der Waals surface area contributed by atoms with E-state index in [1.54, 1.807) is 13.0 Å². The molecule has 0 saturated heterocycles. The van der Waals surface area contributed by atoms with Crippen LogP contribution < -0.4 is 15.0 Å². The maximum absolute atomic E-state index is 12.2. The second kappa shape index (κ2) is 8.96. The molecule has 0 aromatic heterocycles. The number of carbonyl (C=O) groups excluding carboxylic acids is 1. The fourth-order valence-corrected chi connectivity index (χ4v) is 2.65. The lowest BCUT2D eigenvalue weighted by atomic mass is 10.1. The Morgan fingerprint density at radius 1 is 1.23 bits per heavy atom. The first kappa shape index (κ1) is 19.4. The van der Waals surface area contributed by atoms with Crippen LogP contribution in [0.5, 0.6) is 5.75 Å². The number of hydrogen-bond acceptors (Lipinski definition) is 4. The van der Waals surface area contributed by atoms with E-state index in [1.807, 2.05) is 38.2 Å². The molecule has 7 heteroatoms. The number of nitrogens with zero attached hydrogens (tertiary/aromatic N) is 1. The van der Waals surface area contributed by atoms with Crippen molar-refractivity contribution in [3.05, 3.63) is 63.7 Å². The predicted molar refractivity (Wildman–Crippen MR) is 99.5 cm³/mol. The number of nitro benzene ring substituents is 1. The van der Waals surface area contributed by atoms with Crippen molar-refractivity contribution in [2.45, 2.75) is 20.4 Å². The molecule has 0 aliphatic rings. The summed E-state index contributed by atoms with van der Waals surface area (Å²) in [5.74, 6) is 0.700. The number of anilines is 1. The Balaban J connectivity index is 1.89. The highest BCUT2D eigenvalue weighted by Crippen LogP contribution is 2.20. The van der Waals surface area contributed by atoms with Crippen LogP contribution in [0.1, 0.15) is 18.1 Å². The molecule has 7 nitrogen and oxygen atoms in total. The molecule has 2 N–H and O–H groups in total. The number of non-ortho nitro benzene ring substituents is 1. The minimum absolute atomic E-state index is 0.0127. The standard InChI is InChI=1S/C19H23N3O4/c1-4-26-17-8-5-15(6-9-17)12-21(3)13-19(23)20-18-10-7-16(22(24)25)11-14(18)2/h5-11H,4,12-13H2,1-3H3,(H,20,23)/p+1. The van der Waals surface area contributed by atoms with Gasteiger partial charge in [-0.25, -0.2) is 0 Å². The minimum Gasteiger partial charge on any atom is -0.494 e. The van der Waals surface area contributed by atoms with Crippen molar-refractivity contribution in [2.24, 2.45) is 0 Å². The van der Waals surface area contributed by atoms with Gasteiger partial charge in [-0.1, -0.05) is 0 Å². The second-order valence-corrected chi connectivity index (χ2v) is 6.19. The molecule has 1 atom stereocenters. The summed E-state index contributed by atoms with van der Waals surface area (Å²) < 4.78 is 5.42. The van der Waals surface area contributed by atoms with E-state index in [1.165, 1.54) is 12.1 Å². The lowest BCUT2D eigenvalue weighted by Gasteiger charge is -2.15. The van der Waals surface area contributed by atoms with Crippen LogP contribution in [0.4, 0.5) is 11.4 Å². The zero-order chi connectivity index (χ0) is 19.1. The highest BCUT2D eigenvalue weighted by atomic mass is 16.6. The van der Waals surface area contributed by atoms with E-state index in [9.17, 15) is 14.9 Å². The van der Waals surface area contributed by atoms with Gasteiger partial charge in [0.1, 0.15) is 12.3 Å². The molecular weight excluding hydrogens is 334 g/mol. The molecule has 0 bridgehead atoms. The van der Waals surface area contributed by atoms with Crippen LogP contribution in [0.15, 0.2) is 42.5 Å². The average Bonchev–Trinajstić information content (AvgIpc) is 2.58. The van der Waals surface area contributed by atoms with Gasteiger partial charge in [0, 0.05) is 23.4 Å². The Hall–Kier alpha value is -2.93. The molecule has 138 valence electrons. The zero-order valence-corrected chi connectivity index (χ0v) is 15.2. The average molecular weight is 358 g/mol. The molecule has 1 unspecified atom stereocenters. The van der Waals surface area contributed by atoms with Gasteiger partial charge in [0.2, 0.25) is 0 Å². The van der Waals surface area contributed by atoms with E-state index in [2.05, 4.69) is 5.32 Å². The Morgan fingerprint density at radius 3 is 2.50 bits per heavy atom. The summed E-state index contributed by atoms with van der Waals surface area (Å²) in [5, 5.41) is 13.6. The number of nitro groups is 1. The number of carbonyl (C=O) groups is 1. The maximum atomic E-state index is 12.2. The Bertz CT molecular complexity index is 775. The highest BCUT2D eigenvalue weighted by Gasteiger charge is 2.14. The van der Waals surface area contributed by atoms with Crippen molar-refractivity contribution >= 4 is 17.3 Å². The summed E-state index contributed by atoms with van der Waals surface area (Å²) in [7, 11) is 1.94. The molecule has 0 saturated carbocycles. The molecule has 26 heavy (non-hydrogen) atoms. The first-order valence-electron chi connectivity index (χ1n) is 8.47. The van der Waals surface area contributed by atoms with Crippen molar-refractivity contribution in [1.29, 1.82) is 0 Å². The molecule has 0 radical (unpaired) electrons. The van der Waals surface area contributed by atoms with E-state index in [-0.39, 0.29) is 11.6 Å². The molecule has 0 spiro atoms. The van der Waals surface area contributed by atoms with E-state index in [0.717, 1.165) is 16.2 Å². The third-order valence-corrected chi connectivity index (χ3v) is 3.90. The summed E-state index contributed by atoms with van der Waals surface area (Å²) in [6.45, 7) is 5.31. The van der Waals surface area contributed by atoms with Crippen LogP contribution in [-0.4, -0.2) is 31.0 Å². The second-order valence-electron chi connectivity index (χ2n) is 6.19. The summed E-state index contributed by atoms with van der Waals surface area (Å²) in [6.07, 6.45) is 0. The van der Waals surface area contributed by atoms with Crippen LogP contribution in [0.3, 0.4) is 0 Å². The number of amides is 1. The third kappa shape index (κ3) is 5.56. The summed E-state index contributed by atoms with van der Waals surface area (Å²) in [4.78, 5) is 23.6. The van der Waals surface area contributed by atoms with Crippen molar-refractivity contribution < 1.29 is 19.4 Å². The number of ether oxygens (including phenoxy) is 1. The van der Waals surface area contributed by atoms with E-state index < -0.39 is 4.92 Å². The maximum Gasteiger partial charge on any atom is 0.279 e. The molecule has 2 aromatic carbocycles. The fourth-order valence-electron chi connectivity index (χ4n) is 2.65. The van der Waals surface area contributed by atoms with Crippen LogP contribution in [0.25, 0.3) is 0 Å². The van der Waals surface area contributed by atoms with Gasteiger partial charge in [-0.2, -0.15) is 0 Å². The smallest absolute Gasteiger partial charge is 0.279 e. The van der Waals surface area contributed by atoms with Gasteiger partial charge in [0.25, 0.3) is 11.6 Å². The normalized spacial score (nSPS) is 11.7. The highest BCUT2D eigenvalue weighted by molar-refractivity contribution is 5.92. The summed E-state index contributed by atoms with van der Waals surface area (Å²) in [5.41, 5.74) is 2.38. The van der Waals surface area contributed by atoms with Gasteiger partial charge >= 0.3 is 0 Å². The number of quaternary nitrogens is 1. The quantitative estimate of drug-likeness (QED) is 0.558. The molecule has 0 aliphatic heterocycles. The lowest BCUT2D eigenvalue weighted by molar-refractivity contribution is -0.885. The number of rotatable bonds is 8. The van der Waals surface area contributed by atoms with Gasteiger partial charge in [0.05, 0.1) is 18.6 Å². The number of aryl methyl sites for hydroxylation is 1. The zero-order valence-electron chi connectivity index (χ0n) is 15.2. The summed E-state index contributed by atoms with van der Waals surface area (Å²) in [6, 6.07) is 12.2. The number of benzene rings is 2. The van der Waals surface area contributed by atoms with Crippen LogP contribution in [0.2, 0.25) is 0 Å². The van der Waals surface area contributed by atoms with Crippen molar-refractivity contribution in [2.75, 3.05) is 25.5 Å². The minimum atomic E-state index is -0.451. The molecule has 0 fully saturated rings. The van der Waals surface area contributed by atoms with Gasteiger partial charge in [-0.3, -0.25) is 14.9 Å². The monoisotopic (exact) mass is 358 g/mol. The number of hydrogen-bond donors (Lipinski definition) is 2. The molecule has 2 rings (SSSR count). The van der Waals surface area contributed by atoms with E-state index in [4.69, 9.17) is 4.74 Å². The Kier molecular flexibility index (Phi) is 6.68. The van der Waals surface area contributed by atoms with Crippen LogP contribution in [-0.2, 0) is 11.3 Å². The van der Waals surface area contributed by atoms with Gasteiger partial charge < -0.3 is 15.0 Å². The molecular formula is C19H24N3O4+. The lowest BCUT2D eigenvalue weighted by Crippen LogP contribution is -3.08. The van der Waals surface area contributed by atoms with Gasteiger partial charge in [-0.15, -0.1) is 0 Å². The van der Waals surface area contributed by atoms with E-state index in [0.29, 0.717) is 30.9 Å². The molecule has 2 aromatic rings. The van der Waals surface area contributed by atoms with Crippen molar-refractivity contribution in [3.8, 4) is 5.75 Å².